The van der Waals surface area contributed by atoms with Gasteiger partial charge in [-0.25, -0.2) is 0 Å². The molecule has 96 valence electrons. The van der Waals surface area contributed by atoms with Crippen molar-refractivity contribution in [1.29, 1.82) is 5.26 Å². The average Bonchev–Trinajstić information content (AvgIpc) is 2.38. The molecule has 0 saturated heterocycles. The highest BCUT2D eigenvalue weighted by Crippen LogP contribution is 2.13. The largest absolute Gasteiger partial charge is 0.298 e. The summed E-state index contributed by atoms with van der Waals surface area (Å²) in [5, 5.41) is 8.88. The van der Waals surface area contributed by atoms with Gasteiger partial charge in [0.05, 0.1) is 11.6 Å². The molecule has 2 rings (SSSR count). The molecule has 0 aliphatic rings. The van der Waals surface area contributed by atoms with E-state index in [1.165, 1.54) is 0 Å². The van der Waals surface area contributed by atoms with Gasteiger partial charge in [0, 0.05) is 30.0 Å². The molecule has 0 amide bonds. The van der Waals surface area contributed by atoms with Gasteiger partial charge < -0.3 is 0 Å². The lowest BCUT2D eigenvalue weighted by Crippen LogP contribution is -2.17. The minimum Gasteiger partial charge on any atom is -0.298 e. The Morgan fingerprint density at radius 2 is 2.00 bits per heavy atom. The molecule has 0 bridgehead atoms. The zero-order valence-electron chi connectivity index (χ0n) is 10.7. The van der Waals surface area contributed by atoms with Crippen molar-refractivity contribution in [3.05, 3.63) is 63.9 Å². The fourth-order valence-electron chi connectivity index (χ4n) is 1.96. The molecule has 0 spiro atoms. The van der Waals surface area contributed by atoms with Crippen LogP contribution in [-0.4, -0.2) is 16.9 Å². The van der Waals surface area contributed by atoms with Crippen LogP contribution in [0.1, 0.15) is 16.7 Å². The summed E-state index contributed by atoms with van der Waals surface area (Å²) >= 11 is 3.42. The van der Waals surface area contributed by atoms with E-state index in [0.717, 1.165) is 28.7 Å². The van der Waals surface area contributed by atoms with E-state index in [1.807, 2.05) is 30.5 Å². The molecule has 0 radical (unpaired) electrons. The number of pyridine rings is 1. The number of hydrogen-bond acceptors (Lipinski definition) is 3. The molecular formula is C15H14BrN3. The highest BCUT2D eigenvalue weighted by molar-refractivity contribution is 9.10. The van der Waals surface area contributed by atoms with E-state index in [1.54, 1.807) is 6.20 Å². The second-order valence-electron chi connectivity index (χ2n) is 4.50. The number of halogens is 1. The minimum atomic E-state index is 0.704. The number of rotatable bonds is 4. The molecule has 4 heteroatoms. The average molecular weight is 316 g/mol. The Morgan fingerprint density at radius 1 is 1.21 bits per heavy atom. The number of aromatic nitrogens is 1. The first-order valence-corrected chi connectivity index (χ1v) is 6.73. The normalized spacial score (nSPS) is 10.4. The lowest BCUT2D eigenvalue weighted by molar-refractivity contribution is 0.318. The van der Waals surface area contributed by atoms with Gasteiger partial charge >= 0.3 is 0 Å². The predicted octanol–water partition coefficient (Wildman–Crippen LogP) is 3.35. The smallest absolute Gasteiger partial charge is 0.0991 e. The van der Waals surface area contributed by atoms with Crippen molar-refractivity contribution in [3.63, 3.8) is 0 Å². The Labute approximate surface area is 121 Å². The van der Waals surface area contributed by atoms with Crippen LogP contribution in [0.4, 0.5) is 0 Å². The van der Waals surface area contributed by atoms with Crippen LogP contribution in [0.15, 0.2) is 47.2 Å². The van der Waals surface area contributed by atoms with Gasteiger partial charge in [0.2, 0.25) is 0 Å². The molecule has 0 fully saturated rings. The number of hydrogen-bond donors (Lipinski definition) is 0. The Hall–Kier alpha value is -1.70. The van der Waals surface area contributed by atoms with Crippen LogP contribution in [0, 0.1) is 11.3 Å². The molecule has 19 heavy (non-hydrogen) atoms. The van der Waals surface area contributed by atoms with Crippen molar-refractivity contribution < 1.29 is 0 Å². The summed E-state index contributed by atoms with van der Waals surface area (Å²) in [6, 6.07) is 11.9. The topological polar surface area (TPSA) is 39.9 Å². The van der Waals surface area contributed by atoms with Gasteiger partial charge in [0.1, 0.15) is 0 Å². The van der Waals surface area contributed by atoms with Gasteiger partial charge in [-0.1, -0.05) is 12.1 Å². The lowest BCUT2D eigenvalue weighted by Gasteiger charge is -2.16. The van der Waals surface area contributed by atoms with E-state index in [4.69, 9.17) is 5.26 Å². The first kappa shape index (κ1) is 13.7. The summed E-state index contributed by atoms with van der Waals surface area (Å²) in [5.74, 6) is 0. The molecule has 2 aromatic rings. The molecule has 0 unspecified atom stereocenters. The Kier molecular flexibility index (Phi) is 4.67. The summed E-state index contributed by atoms with van der Waals surface area (Å²) in [6.07, 6.45) is 3.65. The molecule has 0 atom stereocenters. The van der Waals surface area contributed by atoms with E-state index < -0.39 is 0 Å². The van der Waals surface area contributed by atoms with Gasteiger partial charge in [-0.3, -0.25) is 9.88 Å². The van der Waals surface area contributed by atoms with Crippen LogP contribution in [0.25, 0.3) is 0 Å². The van der Waals surface area contributed by atoms with Crippen LogP contribution in [0.5, 0.6) is 0 Å². The molecule has 0 aliphatic heterocycles. The fourth-order valence-corrected chi connectivity index (χ4v) is 2.37. The van der Waals surface area contributed by atoms with Crippen LogP contribution in [-0.2, 0) is 13.1 Å². The molecule has 0 saturated carbocycles. The zero-order valence-corrected chi connectivity index (χ0v) is 12.3. The summed E-state index contributed by atoms with van der Waals surface area (Å²) in [5.41, 5.74) is 3.01. The van der Waals surface area contributed by atoms with E-state index in [-0.39, 0.29) is 0 Å². The molecule has 1 heterocycles. The van der Waals surface area contributed by atoms with Crippen molar-refractivity contribution in [1.82, 2.24) is 9.88 Å². The summed E-state index contributed by atoms with van der Waals surface area (Å²) in [6.45, 7) is 1.63. The van der Waals surface area contributed by atoms with Gasteiger partial charge in [0.15, 0.2) is 0 Å². The second-order valence-corrected chi connectivity index (χ2v) is 5.41. The number of nitriles is 1. The van der Waals surface area contributed by atoms with Crippen molar-refractivity contribution >= 4 is 15.9 Å². The monoisotopic (exact) mass is 315 g/mol. The maximum absolute atomic E-state index is 8.88. The quantitative estimate of drug-likeness (QED) is 0.868. The Balaban J connectivity index is 2.01. The van der Waals surface area contributed by atoms with E-state index >= 15 is 0 Å². The highest BCUT2D eigenvalue weighted by Gasteiger charge is 2.03. The Bertz CT molecular complexity index is 604. The maximum atomic E-state index is 8.88. The first-order chi connectivity index (χ1) is 9.17. The second kappa shape index (κ2) is 6.46. The van der Waals surface area contributed by atoms with E-state index in [2.05, 4.69) is 45.0 Å². The molecular weight excluding hydrogens is 302 g/mol. The van der Waals surface area contributed by atoms with Crippen LogP contribution >= 0.6 is 15.9 Å². The van der Waals surface area contributed by atoms with E-state index in [9.17, 15) is 0 Å². The van der Waals surface area contributed by atoms with Gasteiger partial charge in [-0.2, -0.15) is 5.26 Å². The van der Waals surface area contributed by atoms with Crippen molar-refractivity contribution in [2.24, 2.45) is 0 Å². The van der Waals surface area contributed by atoms with Crippen molar-refractivity contribution in [3.8, 4) is 6.07 Å². The Morgan fingerprint density at radius 3 is 2.74 bits per heavy atom. The van der Waals surface area contributed by atoms with E-state index in [0.29, 0.717) is 5.56 Å². The maximum Gasteiger partial charge on any atom is 0.0991 e. The minimum absolute atomic E-state index is 0.704. The third-order valence-corrected chi connectivity index (χ3v) is 3.16. The zero-order chi connectivity index (χ0) is 13.7. The molecule has 0 aliphatic carbocycles. The van der Waals surface area contributed by atoms with Crippen LogP contribution in [0.2, 0.25) is 0 Å². The lowest BCUT2D eigenvalue weighted by atomic mass is 10.1. The van der Waals surface area contributed by atoms with Gasteiger partial charge in [-0.05, 0) is 52.3 Å². The molecule has 0 N–H and O–H groups in total. The van der Waals surface area contributed by atoms with Crippen molar-refractivity contribution in [2.45, 2.75) is 13.1 Å². The SMILES string of the molecule is CN(Cc1cncc(Br)c1)Cc1cccc(C#N)c1. The highest BCUT2D eigenvalue weighted by atomic mass is 79.9. The number of benzene rings is 1. The first-order valence-electron chi connectivity index (χ1n) is 5.94. The van der Waals surface area contributed by atoms with Crippen molar-refractivity contribution in [2.75, 3.05) is 7.05 Å². The molecule has 1 aromatic carbocycles. The standard InChI is InChI=1S/C15H14BrN3/c1-19(11-14-6-15(16)9-18-8-14)10-13-4-2-3-12(5-13)7-17/h2-6,8-9H,10-11H2,1H3. The van der Waals surface area contributed by atoms with Crippen LogP contribution in [0.3, 0.4) is 0 Å². The molecule has 3 nitrogen and oxygen atoms in total. The third kappa shape index (κ3) is 4.16. The summed E-state index contributed by atoms with van der Waals surface area (Å²) < 4.78 is 0.991. The van der Waals surface area contributed by atoms with Crippen LogP contribution < -0.4 is 0 Å². The fraction of sp³-hybridized carbons (Fsp3) is 0.200. The predicted molar refractivity (Wildman–Crippen MR) is 78.3 cm³/mol. The number of nitrogens with zero attached hydrogens (tertiary/aromatic N) is 3. The molecule has 1 aromatic heterocycles. The third-order valence-electron chi connectivity index (χ3n) is 2.72. The summed E-state index contributed by atoms with van der Waals surface area (Å²) in [4.78, 5) is 6.35. The van der Waals surface area contributed by atoms with Gasteiger partial charge in [0.25, 0.3) is 0 Å². The summed E-state index contributed by atoms with van der Waals surface area (Å²) in [7, 11) is 2.06. The van der Waals surface area contributed by atoms with Gasteiger partial charge in [-0.15, -0.1) is 0 Å².